The molecule has 0 aliphatic heterocycles. The molecule has 0 saturated heterocycles. The number of pyridine rings is 1. The summed E-state index contributed by atoms with van der Waals surface area (Å²) in [6.45, 7) is 1.33. The van der Waals surface area contributed by atoms with Crippen molar-refractivity contribution in [3.8, 4) is 0 Å². The fourth-order valence-corrected chi connectivity index (χ4v) is 1.15. The van der Waals surface area contributed by atoms with Crippen molar-refractivity contribution in [2.24, 2.45) is 0 Å². The van der Waals surface area contributed by atoms with E-state index in [4.69, 9.17) is 0 Å². The van der Waals surface area contributed by atoms with Gasteiger partial charge in [-0.3, -0.25) is 19.9 Å². The lowest BCUT2D eigenvalue weighted by Crippen LogP contribution is -2.04. The van der Waals surface area contributed by atoms with Crippen molar-refractivity contribution >= 4 is 12.0 Å². The van der Waals surface area contributed by atoms with Crippen LogP contribution in [0.2, 0.25) is 0 Å². The number of hydrogen-bond donors (Lipinski definition) is 0. The maximum Gasteiger partial charge on any atom is 0.297 e. The monoisotopic (exact) mass is 216 g/mol. The van der Waals surface area contributed by atoms with Gasteiger partial charge in [0.2, 0.25) is 0 Å². The first-order valence-corrected chi connectivity index (χ1v) is 3.86. The lowest BCUT2D eigenvalue weighted by Gasteiger charge is -2.06. The predicted molar refractivity (Wildman–Crippen MR) is 46.0 cm³/mol. The molecule has 0 atom stereocenters. The second-order valence-corrected chi connectivity index (χ2v) is 2.73. The van der Waals surface area contributed by atoms with Crippen LogP contribution in [0.5, 0.6) is 0 Å². The topological polar surface area (TPSA) is 73.1 Å². The second-order valence-electron chi connectivity index (χ2n) is 2.73. The van der Waals surface area contributed by atoms with Crippen LogP contribution in [-0.2, 0) is 0 Å². The number of carbonyl (C=O) groups is 1. The predicted octanol–water partition coefficient (Wildman–Crippen LogP) is 2.05. The molecular formula is C8H6F2N2O3. The minimum Gasteiger partial charge on any atom is -0.298 e. The summed E-state index contributed by atoms with van der Waals surface area (Å²) in [5.41, 5.74) is -2.08. The fraction of sp³-hybridized carbons (Fsp3) is 0.250. The summed E-state index contributed by atoms with van der Waals surface area (Å²) in [5.74, 6) is 0. The maximum absolute atomic E-state index is 12.5. The summed E-state index contributed by atoms with van der Waals surface area (Å²) in [6, 6.07) is 0. The van der Waals surface area contributed by atoms with Crippen molar-refractivity contribution in [3.63, 3.8) is 0 Å². The van der Waals surface area contributed by atoms with Crippen molar-refractivity contribution in [1.82, 2.24) is 4.98 Å². The van der Waals surface area contributed by atoms with Crippen LogP contribution in [0.25, 0.3) is 0 Å². The summed E-state index contributed by atoms with van der Waals surface area (Å²) < 4.78 is 25.0. The highest BCUT2D eigenvalue weighted by molar-refractivity contribution is 5.81. The van der Waals surface area contributed by atoms with Crippen LogP contribution >= 0.6 is 0 Å². The van der Waals surface area contributed by atoms with Gasteiger partial charge in [-0.05, 0) is 6.92 Å². The summed E-state index contributed by atoms with van der Waals surface area (Å²) >= 11 is 0. The Hall–Kier alpha value is -1.92. The minimum atomic E-state index is -3.08. The molecule has 1 rings (SSSR count). The highest BCUT2D eigenvalue weighted by Gasteiger charge is 2.27. The molecular weight excluding hydrogens is 210 g/mol. The summed E-state index contributed by atoms with van der Waals surface area (Å²) in [7, 11) is 0. The van der Waals surface area contributed by atoms with Gasteiger partial charge in [-0.2, -0.15) is 0 Å². The van der Waals surface area contributed by atoms with E-state index in [1.54, 1.807) is 0 Å². The molecule has 0 radical (unpaired) electrons. The number of aromatic nitrogens is 1. The molecule has 80 valence electrons. The molecule has 1 aromatic rings. The summed E-state index contributed by atoms with van der Waals surface area (Å²) in [5, 5.41) is 10.4. The molecule has 5 nitrogen and oxygen atoms in total. The molecule has 7 heteroatoms. The molecule has 0 bridgehead atoms. The van der Waals surface area contributed by atoms with Gasteiger partial charge in [0.1, 0.15) is 11.8 Å². The molecule has 0 spiro atoms. The molecule has 0 aliphatic carbocycles. The SMILES string of the molecule is Cc1ncc([N+](=O)[O-])c(C(F)F)c1C=O. The zero-order chi connectivity index (χ0) is 11.6. The fourth-order valence-electron chi connectivity index (χ4n) is 1.15. The molecule has 0 amide bonds. The van der Waals surface area contributed by atoms with Crippen LogP contribution in [0.4, 0.5) is 14.5 Å². The third-order valence-electron chi connectivity index (χ3n) is 1.87. The van der Waals surface area contributed by atoms with Crippen molar-refractivity contribution in [2.45, 2.75) is 13.3 Å². The van der Waals surface area contributed by atoms with Gasteiger partial charge in [0.05, 0.1) is 10.5 Å². The van der Waals surface area contributed by atoms with E-state index in [0.717, 1.165) is 6.20 Å². The van der Waals surface area contributed by atoms with Gasteiger partial charge in [-0.1, -0.05) is 0 Å². The Kier molecular flexibility index (Phi) is 3.03. The van der Waals surface area contributed by atoms with Crippen molar-refractivity contribution in [3.05, 3.63) is 33.1 Å². The average Bonchev–Trinajstić information content (AvgIpc) is 2.16. The van der Waals surface area contributed by atoms with Gasteiger partial charge < -0.3 is 0 Å². The zero-order valence-corrected chi connectivity index (χ0v) is 7.61. The van der Waals surface area contributed by atoms with Gasteiger partial charge in [0.25, 0.3) is 12.1 Å². The van der Waals surface area contributed by atoms with Gasteiger partial charge in [0.15, 0.2) is 6.29 Å². The first kappa shape index (κ1) is 11.2. The third kappa shape index (κ3) is 1.95. The van der Waals surface area contributed by atoms with Gasteiger partial charge in [0, 0.05) is 5.69 Å². The largest absolute Gasteiger partial charge is 0.298 e. The molecule has 1 heterocycles. The molecule has 0 aromatic carbocycles. The smallest absolute Gasteiger partial charge is 0.297 e. The van der Waals surface area contributed by atoms with Gasteiger partial charge >= 0.3 is 0 Å². The lowest BCUT2D eigenvalue weighted by molar-refractivity contribution is -0.386. The average molecular weight is 216 g/mol. The normalized spacial score (nSPS) is 10.4. The second kappa shape index (κ2) is 4.07. The molecule has 0 aliphatic rings. The number of nitro groups is 1. The maximum atomic E-state index is 12.5. The number of aryl methyl sites for hydroxylation is 1. The third-order valence-corrected chi connectivity index (χ3v) is 1.87. The first-order chi connectivity index (χ1) is 6.99. The quantitative estimate of drug-likeness (QED) is 0.440. The van der Waals surface area contributed by atoms with E-state index in [9.17, 15) is 23.7 Å². The number of carbonyl (C=O) groups excluding carboxylic acids is 1. The lowest BCUT2D eigenvalue weighted by atomic mass is 10.1. The van der Waals surface area contributed by atoms with Crippen molar-refractivity contribution in [2.75, 3.05) is 0 Å². The Labute approximate surface area is 82.9 Å². The summed E-state index contributed by atoms with van der Waals surface area (Å²) in [6.07, 6.45) is -2.20. The Morgan fingerprint density at radius 1 is 1.60 bits per heavy atom. The summed E-state index contributed by atoms with van der Waals surface area (Å²) in [4.78, 5) is 23.5. The van der Waals surface area contributed by atoms with Crippen LogP contribution in [0.15, 0.2) is 6.20 Å². The van der Waals surface area contributed by atoms with Crippen LogP contribution < -0.4 is 0 Å². The zero-order valence-electron chi connectivity index (χ0n) is 7.61. The van der Waals surface area contributed by atoms with E-state index >= 15 is 0 Å². The number of nitrogens with zero attached hydrogens (tertiary/aromatic N) is 2. The minimum absolute atomic E-state index is 0.0471. The molecule has 0 N–H and O–H groups in total. The van der Waals surface area contributed by atoms with Gasteiger partial charge in [-0.25, -0.2) is 8.78 Å². The molecule has 1 aromatic heterocycles. The van der Waals surface area contributed by atoms with E-state index in [2.05, 4.69) is 4.98 Å². The van der Waals surface area contributed by atoms with E-state index in [1.165, 1.54) is 6.92 Å². The highest BCUT2D eigenvalue weighted by atomic mass is 19.3. The Bertz CT molecular complexity index is 421. The Balaban J connectivity index is 3.56. The first-order valence-electron chi connectivity index (χ1n) is 3.86. The Morgan fingerprint density at radius 3 is 2.60 bits per heavy atom. The van der Waals surface area contributed by atoms with Crippen molar-refractivity contribution < 1.29 is 18.5 Å². The van der Waals surface area contributed by atoms with Crippen LogP contribution in [-0.4, -0.2) is 16.2 Å². The molecule has 15 heavy (non-hydrogen) atoms. The Morgan fingerprint density at radius 2 is 2.20 bits per heavy atom. The van der Waals surface area contributed by atoms with E-state index < -0.39 is 28.2 Å². The van der Waals surface area contributed by atoms with E-state index in [0.29, 0.717) is 0 Å². The number of hydrogen-bond acceptors (Lipinski definition) is 4. The van der Waals surface area contributed by atoms with E-state index in [-0.39, 0.29) is 12.0 Å². The van der Waals surface area contributed by atoms with Crippen molar-refractivity contribution in [1.29, 1.82) is 0 Å². The number of rotatable bonds is 3. The molecule has 0 unspecified atom stereocenters. The van der Waals surface area contributed by atoms with E-state index in [1.807, 2.05) is 0 Å². The number of alkyl halides is 2. The van der Waals surface area contributed by atoms with Crippen LogP contribution in [0.3, 0.4) is 0 Å². The van der Waals surface area contributed by atoms with Crippen LogP contribution in [0, 0.1) is 17.0 Å². The number of aldehydes is 1. The number of halogens is 2. The highest BCUT2D eigenvalue weighted by Crippen LogP contribution is 2.31. The van der Waals surface area contributed by atoms with Crippen LogP contribution in [0.1, 0.15) is 28.0 Å². The van der Waals surface area contributed by atoms with Gasteiger partial charge in [-0.15, -0.1) is 0 Å². The molecule has 0 fully saturated rings. The molecule has 0 saturated carbocycles. The standard InChI is InChI=1S/C8H6F2N2O3/c1-4-5(3-13)7(8(9)10)6(2-11-4)12(14)15/h2-3,8H,1H3.